The Morgan fingerprint density at radius 1 is 1.58 bits per heavy atom. The highest BCUT2D eigenvalue weighted by molar-refractivity contribution is 7.09. The van der Waals surface area contributed by atoms with Crippen LogP contribution in [0.1, 0.15) is 30.3 Å². The first-order valence-electron chi connectivity index (χ1n) is 6.02. The fraction of sp³-hybridized carbons (Fsp3) is 0.583. The fourth-order valence-corrected chi connectivity index (χ4v) is 2.33. The molecule has 0 aliphatic rings. The van der Waals surface area contributed by atoms with Crippen molar-refractivity contribution in [1.29, 1.82) is 0 Å². The van der Waals surface area contributed by atoms with Gasteiger partial charge in [-0.2, -0.15) is 0 Å². The lowest BCUT2D eigenvalue weighted by Gasteiger charge is -2.20. The van der Waals surface area contributed by atoms with Crippen LogP contribution in [0.2, 0.25) is 0 Å². The first-order chi connectivity index (χ1) is 8.90. The highest BCUT2D eigenvalue weighted by Crippen LogP contribution is 2.14. The van der Waals surface area contributed by atoms with Crippen molar-refractivity contribution in [2.45, 2.75) is 39.3 Å². The molecule has 1 heterocycles. The van der Waals surface area contributed by atoms with Crippen molar-refractivity contribution in [2.24, 2.45) is 0 Å². The van der Waals surface area contributed by atoms with Crippen molar-refractivity contribution in [1.82, 2.24) is 15.2 Å². The molecule has 106 valence electrons. The van der Waals surface area contributed by atoms with Crippen molar-refractivity contribution >= 4 is 23.3 Å². The number of carboxylic acid groups (broad SMARTS) is 1. The number of carboxylic acids is 1. The van der Waals surface area contributed by atoms with E-state index in [0.29, 0.717) is 13.0 Å². The Hall–Kier alpha value is -1.63. The third-order valence-electron chi connectivity index (χ3n) is 2.73. The lowest BCUT2D eigenvalue weighted by Crippen LogP contribution is -2.41. The van der Waals surface area contributed by atoms with Gasteiger partial charge in [-0.3, -0.25) is 4.79 Å². The van der Waals surface area contributed by atoms with Gasteiger partial charge in [0.25, 0.3) is 0 Å². The maximum Gasteiger partial charge on any atom is 0.317 e. The maximum absolute atomic E-state index is 11.9. The van der Waals surface area contributed by atoms with Gasteiger partial charge < -0.3 is 15.3 Å². The second kappa shape index (κ2) is 7.08. The smallest absolute Gasteiger partial charge is 0.317 e. The van der Waals surface area contributed by atoms with E-state index in [1.165, 1.54) is 11.3 Å². The van der Waals surface area contributed by atoms with Crippen LogP contribution in [0.25, 0.3) is 0 Å². The monoisotopic (exact) mass is 285 g/mol. The molecule has 0 aliphatic heterocycles. The van der Waals surface area contributed by atoms with Gasteiger partial charge in [-0.15, -0.1) is 11.3 Å². The van der Waals surface area contributed by atoms with E-state index in [4.69, 9.17) is 5.11 Å². The van der Waals surface area contributed by atoms with Crippen LogP contribution in [0.5, 0.6) is 0 Å². The van der Waals surface area contributed by atoms with Crippen molar-refractivity contribution in [2.75, 3.05) is 7.05 Å². The number of carbonyl (C=O) groups excluding carboxylic acids is 1. The summed E-state index contributed by atoms with van der Waals surface area (Å²) >= 11 is 1.52. The molecule has 2 amide bonds. The molecule has 1 aromatic heterocycles. The third kappa shape index (κ3) is 5.25. The summed E-state index contributed by atoms with van der Waals surface area (Å²) in [4.78, 5) is 29.1. The van der Waals surface area contributed by atoms with E-state index in [-0.39, 0.29) is 18.5 Å². The molecule has 1 aromatic rings. The minimum absolute atomic E-state index is 0.0547. The zero-order valence-electron chi connectivity index (χ0n) is 11.3. The second-order valence-corrected chi connectivity index (χ2v) is 5.44. The van der Waals surface area contributed by atoms with Crippen LogP contribution in [0, 0.1) is 6.92 Å². The summed E-state index contributed by atoms with van der Waals surface area (Å²) in [7, 11) is 1.71. The van der Waals surface area contributed by atoms with Crippen molar-refractivity contribution in [3.63, 3.8) is 0 Å². The average Bonchev–Trinajstić information content (AvgIpc) is 2.72. The predicted octanol–water partition coefficient (Wildman–Crippen LogP) is 1.85. The number of nitrogens with zero attached hydrogens (tertiary/aromatic N) is 2. The van der Waals surface area contributed by atoms with Gasteiger partial charge in [0, 0.05) is 24.4 Å². The Balaban J connectivity index is 2.40. The highest BCUT2D eigenvalue weighted by atomic mass is 32.1. The number of urea groups is 1. The summed E-state index contributed by atoms with van der Waals surface area (Å²) < 4.78 is 0. The van der Waals surface area contributed by atoms with Crippen LogP contribution in [0.15, 0.2) is 5.51 Å². The van der Waals surface area contributed by atoms with E-state index in [2.05, 4.69) is 10.3 Å². The molecule has 0 saturated carbocycles. The van der Waals surface area contributed by atoms with E-state index < -0.39 is 5.97 Å². The lowest BCUT2D eigenvalue weighted by atomic mass is 10.2. The fourth-order valence-electron chi connectivity index (χ4n) is 1.50. The van der Waals surface area contributed by atoms with Crippen molar-refractivity contribution in [3.05, 3.63) is 16.1 Å². The predicted molar refractivity (Wildman–Crippen MR) is 73.2 cm³/mol. The SMILES string of the molecule is Cc1ncsc1CN(C)C(=O)NC(C)CCC(=O)O. The van der Waals surface area contributed by atoms with Gasteiger partial charge >= 0.3 is 12.0 Å². The molecule has 7 heteroatoms. The molecule has 1 rings (SSSR count). The molecule has 0 radical (unpaired) electrons. The van der Waals surface area contributed by atoms with Gasteiger partial charge in [-0.25, -0.2) is 9.78 Å². The molecule has 1 atom stereocenters. The number of thiazole rings is 1. The molecule has 0 aliphatic carbocycles. The largest absolute Gasteiger partial charge is 0.481 e. The summed E-state index contributed by atoms with van der Waals surface area (Å²) in [5.41, 5.74) is 2.69. The highest BCUT2D eigenvalue weighted by Gasteiger charge is 2.14. The number of nitrogens with one attached hydrogen (secondary N) is 1. The molecule has 0 saturated heterocycles. The molecular formula is C12H19N3O3S. The Labute approximate surface area is 116 Å². The number of hydrogen-bond donors (Lipinski definition) is 2. The lowest BCUT2D eigenvalue weighted by molar-refractivity contribution is -0.137. The van der Waals surface area contributed by atoms with Crippen LogP contribution < -0.4 is 5.32 Å². The number of aliphatic carboxylic acids is 1. The number of amides is 2. The van der Waals surface area contributed by atoms with Crippen molar-refractivity contribution < 1.29 is 14.7 Å². The number of hydrogen-bond acceptors (Lipinski definition) is 4. The standard InChI is InChI=1S/C12H19N3O3S/c1-8(4-5-11(16)17)14-12(18)15(3)6-10-9(2)13-7-19-10/h7-8H,4-6H2,1-3H3,(H,14,18)(H,16,17). The minimum atomic E-state index is -0.852. The van der Waals surface area contributed by atoms with Gasteiger partial charge in [0.05, 0.1) is 17.7 Å². The van der Waals surface area contributed by atoms with Crippen LogP contribution in [-0.4, -0.2) is 40.1 Å². The Bertz CT molecular complexity index is 447. The van der Waals surface area contributed by atoms with Gasteiger partial charge in [0.2, 0.25) is 0 Å². The van der Waals surface area contributed by atoms with E-state index in [0.717, 1.165) is 10.6 Å². The van der Waals surface area contributed by atoms with Crippen molar-refractivity contribution in [3.8, 4) is 0 Å². The molecule has 0 aromatic carbocycles. The van der Waals surface area contributed by atoms with Gasteiger partial charge in [0.15, 0.2) is 0 Å². The first-order valence-corrected chi connectivity index (χ1v) is 6.90. The van der Waals surface area contributed by atoms with E-state index in [1.807, 2.05) is 6.92 Å². The average molecular weight is 285 g/mol. The quantitative estimate of drug-likeness (QED) is 0.835. The molecule has 1 unspecified atom stereocenters. The topological polar surface area (TPSA) is 82.5 Å². The third-order valence-corrected chi connectivity index (χ3v) is 3.65. The summed E-state index contributed by atoms with van der Waals surface area (Å²) in [6, 6.07) is -0.362. The minimum Gasteiger partial charge on any atom is -0.481 e. The molecule has 0 fully saturated rings. The first kappa shape index (κ1) is 15.4. The number of aromatic nitrogens is 1. The van der Waals surface area contributed by atoms with E-state index >= 15 is 0 Å². The molecule has 2 N–H and O–H groups in total. The van der Waals surface area contributed by atoms with Crippen LogP contribution >= 0.6 is 11.3 Å². The molecular weight excluding hydrogens is 266 g/mol. The number of aryl methyl sites for hydroxylation is 1. The summed E-state index contributed by atoms with van der Waals surface area (Å²) in [5, 5.41) is 11.4. The van der Waals surface area contributed by atoms with E-state index in [9.17, 15) is 9.59 Å². The summed E-state index contributed by atoms with van der Waals surface area (Å²) in [6.07, 6.45) is 0.480. The molecule has 6 nitrogen and oxygen atoms in total. The van der Waals surface area contributed by atoms with E-state index in [1.54, 1.807) is 24.4 Å². The summed E-state index contributed by atoms with van der Waals surface area (Å²) in [5.74, 6) is -0.852. The van der Waals surface area contributed by atoms with Gasteiger partial charge in [-0.1, -0.05) is 0 Å². The zero-order chi connectivity index (χ0) is 14.4. The van der Waals surface area contributed by atoms with Crippen LogP contribution in [0.4, 0.5) is 4.79 Å². The second-order valence-electron chi connectivity index (χ2n) is 4.50. The zero-order valence-corrected chi connectivity index (χ0v) is 12.2. The number of rotatable bonds is 6. The Morgan fingerprint density at radius 2 is 2.26 bits per heavy atom. The Kier molecular flexibility index (Phi) is 5.75. The van der Waals surface area contributed by atoms with Crippen LogP contribution in [0.3, 0.4) is 0 Å². The normalized spacial score (nSPS) is 11.9. The molecule has 19 heavy (non-hydrogen) atoms. The molecule has 0 bridgehead atoms. The summed E-state index contributed by atoms with van der Waals surface area (Å²) in [6.45, 7) is 4.22. The molecule has 0 spiro atoms. The maximum atomic E-state index is 11.9. The van der Waals surface area contributed by atoms with Gasteiger partial charge in [-0.05, 0) is 20.3 Å². The van der Waals surface area contributed by atoms with Gasteiger partial charge in [0.1, 0.15) is 0 Å². The van der Waals surface area contributed by atoms with Crippen LogP contribution in [-0.2, 0) is 11.3 Å². The Morgan fingerprint density at radius 3 is 2.79 bits per heavy atom. The number of carbonyl (C=O) groups is 2.